The van der Waals surface area contributed by atoms with Crippen molar-refractivity contribution < 1.29 is 19.4 Å². The predicted molar refractivity (Wildman–Crippen MR) is 79.2 cm³/mol. The molecule has 0 saturated carbocycles. The smallest absolute Gasteiger partial charge is 0.352 e. The van der Waals surface area contributed by atoms with E-state index in [0.29, 0.717) is 5.54 Å². The van der Waals surface area contributed by atoms with Crippen LogP contribution in [0.1, 0.15) is 34.6 Å². The normalized spacial score (nSPS) is 10.7. The third kappa shape index (κ3) is 3.97. The van der Waals surface area contributed by atoms with Crippen molar-refractivity contribution in [2.75, 3.05) is 0 Å². The van der Waals surface area contributed by atoms with Gasteiger partial charge in [0.1, 0.15) is 14.2 Å². The molecule has 106 valence electrons. The van der Waals surface area contributed by atoms with Crippen LogP contribution in [0.15, 0.2) is 24.3 Å². The van der Waals surface area contributed by atoms with Crippen molar-refractivity contribution in [2.45, 2.75) is 32.5 Å². The molecular formula is C15H18O4Si. The number of aromatic carboxylic acids is 1. The van der Waals surface area contributed by atoms with E-state index in [1.807, 2.05) is 0 Å². The van der Waals surface area contributed by atoms with E-state index in [4.69, 9.17) is 9.84 Å². The van der Waals surface area contributed by atoms with Crippen LogP contribution in [-0.2, 0) is 4.74 Å². The lowest BCUT2D eigenvalue weighted by Gasteiger charge is -2.18. The summed E-state index contributed by atoms with van der Waals surface area (Å²) in [6.07, 6.45) is 2.44. The Labute approximate surface area is 119 Å². The quantitative estimate of drug-likeness (QED) is 0.527. The van der Waals surface area contributed by atoms with Gasteiger partial charge in [0.05, 0.1) is 11.1 Å². The van der Waals surface area contributed by atoms with Crippen LogP contribution in [0.2, 0.25) is 18.6 Å². The van der Waals surface area contributed by atoms with E-state index >= 15 is 0 Å². The topological polar surface area (TPSA) is 63.6 Å². The zero-order valence-corrected chi connectivity index (χ0v) is 13.1. The van der Waals surface area contributed by atoms with Crippen molar-refractivity contribution in [3.05, 3.63) is 35.4 Å². The van der Waals surface area contributed by atoms with Crippen LogP contribution in [0, 0.1) is 11.7 Å². The van der Waals surface area contributed by atoms with Gasteiger partial charge in [0.25, 0.3) is 0 Å². The molecule has 0 amide bonds. The second-order valence-electron chi connectivity index (χ2n) is 5.34. The van der Waals surface area contributed by atoms with Crippen LogP contribution in [0.4, 0.5) is 0 Å². The number of rotatable bonds is 3. The number of carboxylic acids is 1. The molecule has 0 aliphatic rings. The van der Waals surface area contributed by atoms with Crippen molar-refractivity contribution in [3.63, 3.8) is 0 Å². The first-order valence-corrected chi connectivity index (χ1v) is 9.39. The van der Waals surface area contributed by atoms with E-state index in [0.717, 1.165) is 0 Å². The molecule has 0 radical (unpaired) electrons. The second-order valence-corrected chi connectivity index (χ2v) is 10.2. The molecule has 0 heterocycles. The van der Waals surface area contributed by atoms with Crippen LogP contribution >= 0.6 is 0 Å². The molecule has 4 nitrogen and oxygen atoms in total. The molecule has 0 fully saturated rings. The molecule has 0 aliphatic carbocycles. The average Bonchev–Trinajstić information content (AvgIpc) is 2.38. The zero-order valence-electron chi connectivity index (χ0n) is 12.1. The lowest BCUT2D eigenvalue weighted by molar-refractivity contribution is 0.0649. The van der Waals surface area contributed by atoms with Gasteiger partial charge in [-0.15, -0.1) is 0 Å². The Kier molecular flexibility index (Phi) is 5.11. The summed E-state index contributed by atoms with van der Waals surface area (Å²) in [7, 11) is -1.74. The molecule has 0 atom stereocenters. The number of carbonyl (C=O) groups is 2. The zero-order chi connectivity index (χ0) is 15.3. The van der Waals surface area contributed by atoms with Crippen molar-refractivity contribution in [1.82, 2.24) is 0 Å². The first kappa shape index (κ1) is 16.0. The van der Waals surface area contributed by atoms with Crippen molar-refractivity contribution in [3.8, 4) is 11.7 Å². The molecule has 20 heavy (non-hydrogen) atoms. The number of esters is 1. The fourth-order valence-corrected chi connectivity index (χ4v) is 1.85. The Morgan fingerprint density at radius 2 is 1.75 bits per heavy atom. The minimum Gasteiger partial charge on any atom is -0.478 e. The van der Waals surface area contributed by atoms with Crippen molar-refractivity contribution in [1.29, 1.82) is 0 Å². The molecule has 5 heteroatoms. The lowest BCUT2D eigenvalue weighted by atomic mass is 10.1. The summed E-state index contributed by atoms with van der Waals surface area (Å²) in [5, 5.41) is 9.01. The highest BCUT2D eigenvalue weighted by Gasteiger charge is 2.23. The maximum absolute atomic E-state index is 11.9. The van der Waals surface area contributed by atoms with Crippen LogP contribution in [0.3, 0.4) is 0 Å². The van der Waals surface area contributed by atoms with Gasteiger partial charge in [-0.3, -0.25) is 0 Å². The Bertz CT molecular complexity index is 579. The highest BCUT2D eigenvalue weighted by atomic mass is 28.3. The van der Waals surface area contributed by atoms with E-state index in [1.54, 1.807) is 12.1 Å². The van der Waals surface area contributed by atoms with Crippen LogP contribution < -0.4 is 0 Å². The highest BCUT2D eigenvalue weighted by Crippen LogP contribution is 2.18. The summed E-state index contributed by atoms with van der Waals surface area (Å²) in [5.41, 5.74) is 3.38. The predicted octanol–water partition coefficient (Wildman–Crippen LogP) is 3.16. The molecular weight excluding hydrogens is 272 g/mol. The summed E-state index contributed by atoms with van der Waals surface area (Å²) in [4.78, 5) is 22.9. The fraction of sp³-hybridized carbons (Fsp3) is 0.333. The average molecular weight is 290 g/mol. The van der Waals surface area contributed by atoms with Gasteiger partial charge in [-0.25, -0.2) is 9.59 Å². The van der Waals surface area contributed by atoms with E-state index in [9.17, 15) is 9.59 Å². The van der Waals surface area contributed by atoms with Gasteiger partial charge in [-0.05, 0) is 17.7 Å². The molecule has 0 unspecified atom stereocenters. The first-order chi connectivity index (χ1) is 9.25. The maximum atomic E-state index is 11.9. The van der Waals surface area contributed by atoms with Gasteiger partial charge in [0.2, 0.25) is 0 Å². The Morgan fingerprint density at radius 3 is 2.25 bits per heavy atom. The minimum absolute atomic E-state index is 0.0123. The van der Waals surface area contributed by atoms with Crippen LogP contribution in [0.25, 0.3) is 0 Å². The number of carboxylic acid groups (broad SMARTS) is 1. The third-order valence-electron chi connectivity index (χ3n) is 3.34. The highest BCUT2D eigenvalue weighted by molar-refractivity contribution is 6.86. The van der Waals surface area contributed by atoms with Gasteiger partial charge >= 0.3 is 11.9 Å². The molecule has 1 rings (SSSR count). The number of hydrogen-bond donors (Lipinski definition) is 1. The second kappa shape index (κ2) is 6.39. The van der Waals surface area contributed by atoms with Crippen molar-refractivity contribution >= 4 is 20.0 Å². The summed E-state index contributed by atoms with van der Waals surface area (Å²) in [6.45, 7) is 8.35. The Hall–Kier alpha value is -2.06. The summed E-state index contributed by atoms with van der Waals surface area (Å²) in [5.74, 6) is -1.90. The van der Waals surface area contributed by atoms with Gasteiger partial charge < -0.3 is 9.84 Å². The summed E-state index contributed by atoms with van der Waals surface area (Å²) < 4.78 is 4.88. The van der Waals surface area contributed by atoms with Gasteiger partial charge in [0, 0.05) is 0 Å². The van der Waals surface area contributed by atoms with Gasteiger partial charge in [-0.1, -0.05) is 44.6 Å². The Morgan fingerprint density at radius 1 is 1.20 bits per heavy atom. The van der Waals surface area contributed by atoms with E-state index in [-0.39, 0.29) is 11.1 Å². The molecule has 0 bridgehead atoms. The number of carbonyl (C=O) groups excluding carboxylic acids is 1. The van der Waals surface area contributed by atoms with E-state index in [2.05, 4.69) is 38.6 Å². The molecule has 0 spiro atoms. The van der Waals surface area contributed by atoms with Crippen LogP contribution in [0.5, 0.6) is 0 Å². The monoisotopic (exact) mass is 290 g/mol. The van der Waals surface area contributed by atoms with Crippen LogP contribution in [-0.4, -0.2) is 25.1 Å². The van der Waals surface area contributed by atoms with E-state index < -0.39 is 20.0 Å². The molecule has 1 N–H and O–H groups in total. The lowest BCUT2D eigenvalue weighted by Crippen LogP contribution is -2.27. The Balaban J connectivity index is 2.90. The van der Waals surface area contributed by atoms with Crippen molar-refractivity contribution in [2.24, 2.45) is 0 Å². The number of ether oxygens (including phenoxy) is 1. The standard InChI is InChI=1S/C15H18O4Si/c1-11(2)20(3,4)10-9-19-15(18)13-8-6-5-7-12(13)14(16)17/h5-8,11H,1-4H3,(H,16,17). The number of hydrogen-bond acceptors (Lipinski definition) is 3. The number of benzene rings is 1. The molecule has 0 saturated heterocycles. The third-order valence-corrected chi connectivity index (χ3v) is 6.97. The SMILES string of the molecule is CC(C)[Si](C)(C)C#COC(=O)c1ccccc1C(=O)O. The van der Waals surface area contributed by atoms with Gasteiger partial charge in [-0.2, -0.15) is 0 Å². The summed E-state index contributed by atoms with van der Waals surface area (Å²) in [6, 6.07) is 5.92. The maximum Gasteiger partial charge on any atom is 0.352 e. The fourth-order valence-electron chi connectivity index (χ4n) is 1.25. The molecule has 1 aromatic carbocycles. The molecule has 0 aliphatic heterocycles. The molecule has 1 aromatic rings. The largest absolute Gasteiger partial charge is 0.478 e. The van der Waals surface area contributed by atoms with Gasteiger partial charge in [0.15, 0.2) is 0 Å². The molecule has 0 aromatic heterocycles. The van der Waals surface area contributed by atoms with E-state index in [1.165, 1.54) is 12.1 Å². The summed E-state index contributed by atoms with van der Waals surface area (Å²) >= 11 is 0. The first-order valence-electron chi connectivity index (χ1n) is 6.31. The minimum atomic E-state index is -1.74.